The van der Waals surface area contributed by atoms with Gasteiger partial charge in [0, 0.05) is 36.5 Å². The average molecular weight is 465 g/mol. The number of amides is 1. The van der Waals surface area contributed by atoms with Crippen LogP contribution in [0, 0.1) is 12.3 Å². The molecule has 0 aliphatic heterocycles. The van der Waals surface area contributed by atoms with Gasteiger partial charge in [0.25, 0.3) is 10.0 Å². The first-order valence-corrected chi connectivity index (χ1v) is 11.4. The Bertz CT molecular complexity index is 1080. The Labute approximate surface area is 187 Å². The SMILES string of the molecule is Cc1nc(S(=O)(=O)NCCC(=O)OCC(=O)c2ccc(NC(=O)C(C)(C)C)cc2)cn1C. The molecule has 0 bridgehead atoms. The number of carbonyl (C=O) groups excluding carboxylic acids is 3. The van der Waals surface area contributed by atoms with Gasteiger partial charge < -0.3 is 14.6 Å². The lowest BCUT2D eigenvalue weighted by atomic mass is 9.95. The summed E-state index contributed by atoms with van der Waals surface area (Å²) >= 11 is 0. The van der Waals surface area contributed by atoms with E-state index in [2.05, 4.69) is 15.0 Å². The van der Waals surface area contributed by atoms with E-state index in [-0.39, 0.29) is 23.9 Å². The first-order chi connectivity index (χ1) is 14.8. The molecule has 1 heterocycles. The van der Waals surface area contributed by atoms with E-state index >= 15 is 0 Å². The summed E-state index contributed by atoms with van der Waals surface area (Å²) in [5.41, 5.74) is 0.319. The van der Waals surface area contributed by atoms with Gasteiger partial charge in [0.2, 0.25) is 5.91 Å². The highest BCUT2D eigenvalue weighted by Gasteiger charge is 2.21. The number of hydrogen-bond acceptors (Lipinski definition) is 7. The molecule has 2 rings (SSSR count). The molecule has 32 heavy (non-hydrogen) atoms. The molecular weight excluding hydrogens is 436 g/mol. The van der Waals surface area contributed by atoms with Crippen molar-refractivity contribution in [1.29, 1.82) is 0 Å². The van der Waals surface area contributed by atoms with E-state index in [4.69, 9.17) is 4.74 Å². The largest absolute Gasteiger partial charge is 0.457 e. The molecule has 0 unspecified atom stereocenters. The molecule has 10 nitrogen and oxygen atoms in total. The number of Topliss-reactive ketones (excluding diaryl/α,β-unsaturated/α-hetero) is 1. The van der Waals surface area contributed by atoms with Crippen LogP contribution >= 0.6 is 0 Å². The highest BCUT2D eigenvalue weighted by atomic mass is 32.2. The third kappa shape index (κ3) is 6.99. The molecule has 0 fully saturated rings. The van der Waals surface area contributed by atoms with Crippen LogP contribution in [0.4, 0.5) is 5.69 Å². The second kappa shape index (κ2) is 10.0. The number of hydrogen-bond donors (Lipinski definition) is 2. The van der Waals surface area contributed by atoms with Crippen LogP contribution in [-0.4, -0.2) is 48.8 Å². The number of nitrogens with one attached hydrogen (secondary N) is 2. The van der Waals surface area contributed by atoms with Gasteiger partial charge in [0.05, 0.1) is 6.42 Å². The van der Waals surface area contributed by atoms with Crippen LogP contribution in [0.25, 0.3) is 0 Å². The standard InChI is InChI=1S/C21H28N4O6S/c1-14-23-18(12-25(14)5)32(29,30)22-11-10-19(27)31-13-17(26)15-6-8-16(9-7-15)24-20(28)21(2,3)4/h6-9,12,22H,10-11,13H2,1-5H3,(H,24,28). The summed E-state index contributed by atoms with van der Waals surface area (Å²) in [5, 5.41) is 2.62. The molecule has 0 spiro atoms. The molecule has 0 atom stereocenters. The van der Waals surface area contributed by atoms with E-state index in [0.717, 1.165) is 0 Å². The van der Waals surface area contributed by atoms with Gasteiger partial charge in [-0.15, -0.1) is 0 Å². The minimum atomic E-state index is -3.84. The van der Waals surface area contributed by atoms with E-state index in [1.165, 1.54) is 18.3 Å². The number of carbonyl (C=O) groups is 3. The van der Waals surface area contributed by atoms with Crippen LogP contribution in [0.3, 0.4) is 0 Å². The zero-order valence-corrected chi connectivity index (χ0v) is 19.6. The van der Waals surface area contributed by atoms with Crippen LogP contribution in [0.15, 0.2) is 35.5 Å². The fourth-order valence-corrected chi connectivity index (χ4v) is 3.44. The lowest BCUT2D eigenvalue weighted by molar-refractivity contribution is -0.142. The van der Waals surface area contributed by atoms with Crippen molar-refractivity contribution in [1.82, 2.24) is 14.3 Å². The fourth-order valence-electron chi connectivity index (χ4n) is 2.38. The van der Waals surface area contributed by atoms with Crippen LogP contribution in [0.2, 0.25) is 0 Å². The van der Waals surface area contributed by atoms with Crippen molar-refractivity contribution in [3.05, 3.63) is 41.9 Å². The first-order valence-electron chi connectivity index (χ1n) is 9.89. The predicted molar refractivity (Wildman–Crippen MR) is 118 cm³/mol. The molecule has 0 aliphatic rings. The quantitative estimate of drug-likeness (QED) is 0.426. The number of nitrogens with zero attached hydrogens (tertiary/aromatic N) is 2. The number of anilines is 1. The van der Waals surface area contributed by atoms with Crippen molar-refractivity contribution in [2.45, 2.75) is 39.1 Å². The Morgan fingerprint density at radius 2 is 1.75 bits per heavy atom. The van der Waals surface area contributed by atoms with Gasteiger partial charge in [-0.05, 0) is 31.2 Å². The number of aryl methyl sites for hydroxylation is 2. The minimum absolute atomic E-state index is 0.136. The Kier molecular flexibility index (Phi) is 7.92. The molecular formula is C21H28N4O6S. The number of imidazole rings is 1. The van der Waals surface area contributed by atoms with Gasteiger partial charge in [-0.3, -0.25) is 14.4 Å². The average Bonchev–Trinajstić information content (AvgIpc) is 3.05. The minimum Gasteiger partial charge on any atom is -0.457 e. The van der Waals surface area contributed by atoms with Gasteiger partial charge in [0.15, 0.2) is 17.4 Å². The zero-order chi connectivity index (χ0) is 24.1. The monoisotopic (exact) mass is 464 g/mol. The number of rotatable bonds is 9. The summed E-state index contributed by atoms with van der Waals surface area (Å²) in [6, 6.07) is 6.23. The molecule has 0 aliphatic carbocycles. The zero-order valence-electron chi connectivity index (χ0n) is 18.8. The second-order valence-corrected chi connectivity index (χ2v) is 9.96. The number of esters is 1. The lowest BCUT2D eigenvalue weighted by Crippen LogP contribution is -2.27. The first kappa shape index (κ1) is 25.2. The van der Waals surface area contributed by atoms with Crippen LogP contribution in [0.1, 0.15) is 43.4 Å². The summed E-state index contributed by atoms with van der Waals surface area (Å²) in [7, 11) is -2.17. The molecule has 0 saturated carbocycles. The number of aromatic nitrogens is 2. The Morgan fingerprint density at radius 1 is 1.12 bits per heavy atom. The van der Waals surface area contributed by atoms with Gasteiger partial charge in [-0.1, -0.05) is 20.8 Å². The molecule has 2 aromatic rings. The highest BCUT2D eigenvalue weighted by Crippen LogP contribution is 2.18. The molecule has 1 aromatic carbocycles. The topological polar surface area (TPSA) is 136 Å². The van der Waals surface area contributed by atoms with Crippen molar-refractivity contribution in [3.63, 3.8) is 0 Å². The maximum Gasteiger partial charge on any atom is 0.307 e. The van der Waals surface area contributed by atoms with Gasteiger partial charge in [-0.2, -0.15) is 0 Å². The van der Waals surface area contributed by atoms with Crippen LogP contribution in [0.5, 0.6) is 0 Å². The number of benzene rings is 1. The lowest BCUT2D eigenvalue weighted by Gasteiger charge is -2.17. The number of ketones is 1. The summed E-state index contributed by atoms with van der Waals surface area (Å²) in [6.45, 7) is 6.38. The van der Waals surface area contributed by atoms with E-state index in [9.17, 15) is 22.8 Å². The van der Waals surface area contributed by atoms with Crippen LogP contribution in [-0.2, 0) is 31.4 Å². The summed E-state index contributed by atoms with van der Waals surface area (Å²) < 4.78 is 33.1. The fraction of sp³-hybridized carbons (Fsp3) is 0.429. The molecule has 1 aromatic heterocycles. The van der Waals surface area contributed by atoms with Gasteiger partial charge >= 0.3 is 5.97 Å². The highest BCUT2D eigenvalue weighted by molar-refractivity contribution is 7.89. The molecule has 2 N–H and O–H groups in total. The normalized spacial score (nSPS) is 11.8. The molecule has 0 radical (unpaired) electrons. The van der Waals surface area contributed by atoms with E-state index in [0.29, 0.717) is 17.1 Å². The molecule has 11 heteroatoms. The third-order valence-corrected chi connectivity index (χ3v) is 5.82. The maximum atomic E-state index is 12.2. The van der Waals surface area contributed by atoms with Crippen LogP contribution < -0.4 is 10.0 Å². The molecule has 0 saturated heterocycles. The number of sulfonamides is 1. The summed E-state index contributed by atoms with van der Waals surface area (Å²) in [4.78, 5) is 40.0. The Morgan fingerprint density at radius 3 is 2.28 bits per heavy atom. The second-order valence-electron chi connectivity index (χ2n) is 8.25. The van der Waals surface area contributed by atoms with Gasteiger partial charge in [-0.25, -0.2) is 18.1 Å². The molecule has 1 amide bonds. The Hall–Kier alpha value is -3.05. The van der Waals surface area contributed by atoms with Crippen molar-refractivity contribution in [2.24, 2.45) is 12.5 Å². The maximum absolute atomic E-state index is 12.2. The Balaban J connectivity index is 1.79. The van der Waals surface area contributed by atoms with Crippen molar-refractivity contribution in [3.8, 4) is 0 Å². The van der Waals surface area contributed by atoms with Crippen molar-refractivity contribution < 1.29 is 27.5 Å². The van der Waals surface area contributed by atoms with E-state index in [1.807, 2.05) is 0 Å². The van der Waals surface area contributed by atoms with Gasteiger partial charge in [0.1, 0.15) is 5.82 Å². The smallest absolute Gasteiger partial charge is 0.307 e. The predicted octanol–water partition coefficient (Wildman–Crippen LogP) is 1.81. The molecule has 174 valence electrons. The summed E-state index contributed by atoms with van der Waals surface area (Å²) in [5.74, 6) is -0.754. The third-order valence-electron chi connectivity index (χ3n) is 4.49. The van der Waals surface area contributed by atoms with Crippen molar-refractivity contribution in [2.75, 3.05) is 18.5 Å². The number of ether oxygens (including phenoxy) is 1. The summed E-state index contributed by atoms with van der Waals surface area (Å²) in [6.07, 6.45) is 1.13. The van der Waals surface area contributed by atoms with E-state index < -0.39 is 33.8 Å². The van der Waals surface area contributed by atoms with Crippen molar-refractivity contribution >= 4 is 33.4 Å². The van der Waals surface area contributed by atoms with E-state index in [1.54, 1.807) is 51.4 Å².